The SMILES string of the molecule is O=c1[nH]c(=O)n(C/C=C/CN2c3cccc4c3N(CCC4)S2(=O)=O)cc1Br. The summed E-state index contributed by atoms with van der Waals surface area (Å²) in [5.74, 6) is 0. The van der Waals surface area contributed by atoms with Gasteiger partial charge in [-0.05, 0) is 40.4 Å². The predicted octanol–water partition coefficient (Wildman–Crippen LogP) is 1.37. The van der Waals surface area contributed by atoms with Gasteiger partial charge in [-0.15, -0.1) is 0 Å². The number of benzene rings is 1. The van der Waals surface area contributed by atoms with E-state index in [-0.39, 0.29) is 17.6 Å². The Balaban J connectivity index is 1.56. The number of rotatable bonds is 4. The molecule has 1 aromatic heterocycles. The molecule has 0 atom stereocenters. The van der Waals surface area contributed by atoms with Crippen molar-refractivity contribution in [2.24, 2.45) is 0 Å². The number of hydrogen-bond acceptors (Lipinski definition) is 4. The molecule has 0 bridgehead atoms. The van der Waals surface area contributed by atoms with Crippen LogP contribution in [0.2, 0.25) is 0 Å². The van der Waals surface area contributed by atoms with Gasteiger partial charge < -0.3 is 0 Å². The topological polar surface area (TPSA) is 95.5 Å². The van der Waals surface area contributed by atoms with Crippen LogP contribution >= 0.6 is 15.9 Å². The van der Waals surface area contributed by atoms with E-state index >= 15 is 0 Å². The Bertz CT molecular complexity index is 1150. The standard InChI is InChI=1S/C17H17BrN4O4S/c18-13-11-20(17(24)19-16(13)23)8-1-2-9-21-14-7-3-5-12-6-4-10-22(15(12)14)27(21,25)26/h1-3,5,7,11H,4,6,8-10H2,(H,19,23,24)/b2-1+. The second-order valence-corrected chi connectivity index (χ2v) is 8.99. The molecule has 0 aliphatic carbocycles. The summed E-state index contributed by atoms with van der Waals surface area (Å²) < 4.78 is 30.2. The summed E-state index contributed by atoms with van der Waals surface area (Å²) in [6.45, 7) is 0.890. The molecule has 8 nitrogen and oxygen atoms in total. The van der Waals surface area contributed by atoms with E-state index in [2.05, 4.69) is 20.9 Å². The van der Waals surface area contributed by atoms with E-state index in [1.54, 1.807) is 12.2 Å². The highest BCUT2D eigenvalue weighted by atomic mass is 79.9. The normalized spacial score (nSPS) is 17.5. The van der Waals surface area contributed by atoms with Gasteiger partial charge in [-0.1, -0.05) is 24.3 Å². The van der Waals surface area contributed by atoms with E-state index in [0.29, 0.717) is 12.2 Å². The molecule has 0 fully saturated rings. The highest BCUT2D eigenvalue weighted by Gasteiger charge is 2.42. The minimum absolute atomic E-state index is 0.175. The van der Waals surface area contributed by atoms with E-state index in [1.807, 2.05) is 18.2 Å². The number of nitrogens with one attached hydrogen (secondary N) is 1. The van der Waals surface area contributed by atoms with Gasteiger partial charge in [0.25, 0.3) is 5.56 Å². The fourth-order valence-corrected chi connectivity index (χ4v) is 5.49. The Kier molecular flexibility index (Phi) is 4.47. The number of H-pyrrole nitrogens is 1. The van der Waals surface area contributed by atoms with E-state index in [9.17, 15) is 18.0 Å². The zero-order chi connectivity index (χ0) is 19.2. The van der Waals surface area contributed by atoms with Crippen molar-refractivity contribution in [2.75, 3.05) is 21.7 Å². The van der Waals surface area contributed by atoms with Gasteiger partial charge in [0, 0.05) is 19.3 Å². The van der Waals surface area contributed by atoms with Gasteiger partial charge >= 0.3 is 15.9 Å². The number of para-hydroxylation sites is 1. The van der Waals surface area contributed by atoms with Crippen LogP contribution in [0.25, 0.3) is 0 Å². The molecule has 4 rings (SSSR count). The average Bonchev–Trinajstić information content (AvgIpc) is 2.86. The first kappa shape index (κ1) is 18.1. The number of hydrogen-bond donors (Lipinski definition) is 1. The van der Waals surface area contributed by atoms with Gasteiger partial charge in [0.2, 0.25) is 0 Å². The van der Waals surface area contributed by atoms with Crippen molar-refractivity contribution in [3.05, 3.63) is 67.4 Å². The van der Waals surface area contributed by atoms with E-state index in [0.717, 1.165) is 24.1 Å². The Morgan fingerprint density at radius 3 is 2.78 bits per heavy atom. The fourth-order valence-electron chi connectivity index (χ4n) is 3.44. The third kappa shape index (κ3) is 3.02. The van der Waals surface area contributed by atoms with Gasteiger partial charge in [0.15, 0.2) is 0 Å². The number of anilines is 2. The predicted molar refractivity (Wildman–Crippen MR) is 107 cm³/mol. The van der Waals surface area contributed by atoms with E-state index < -0.39 is 21.5 Å². The molecule has 10 heteroatoms. The zero-order valence-electron chi connectivity index (χ0n) is 14.3. The van der Waals surface area contributed by atoms with Crippen molar-refractivity contribution < 1.29 is 8.42 Å². The highest BCUT2D eigenvalue weighted by Crippen LogP contribution is 2.45. The van der Waals surface area contributed by atoms with Crippen LogP contribution in [0.5, 0.6) is 0 Å². The maximum absolute atomic E-state index is 12.9. The monoisotopic (exact) mass is 452 g/mol. The van der Waals surface area contributed by atoms with Crippen molar-refractivity contribution in [1.82, 2.24) is 9.55 Å². The lowest BCUT2D eigenvalue weighted by Gasteiger charge is -2.24. The largest absolute Gasteiger partial charge is 0.328 e. The minimum Gasteiger partial charge on any atom is -0.296 e. The second kappa shape index (κ2) is 6.68. The van der Waals surface area contributed by atoms with Crippen molar-refractivity contribution in [3.63, 3.8) is 0 Å². The Morgan fingerprint density at radius 2 is 1.96 bits per heavy atom. The summed E-state index contributed by atoms with van der Waals surface area (Å²) >= 11 is 3.08. The number of halogens is 1. The second-order valence-electron chi connectivity index (χ2n) is 6.36. The minimum atomic E-state index is -3.58. The first-order valence-electron chi connectivity index (χ1n) is 8.46. The number of allylic oxidation sites excluding steroid dienone is 1. The van der Waals surface area contributed by atoms with Crippen LogP contribution in [-0.4, -0.2) is 31.1 Å². The first-order chi connectivity index (χ1) is 12.9. The third-order valence-electron chi connectivity index (χ3n) is 4.69. The van der Waals surface area contributed by atoms with Crippen molar-refractivity contribution >= 4 is 37.5 Å². The molecule has 1 N–H and O–H groups in total. The smallest absolute Gasteiger partial charge is 0.296 e. The Morgan fingerprint density at radius 1 is 1.19 bits per heavy atom. The molecule has 2 aromatic rings. The molecule has 0 saturated carbocycles. The van der Waals surface area contributed by atoms with Crippen molar-refractivity contribution in [3.8, 4) is 0 Å². The molecule has 0 amide bonds. The molecule has 0 unspecified atom stereocenters. The lowest BCUT2D eigenvalue weighted by Crippen LogP contribution is -2.39. The van der Waals surface area contributed by atoms with Gasteiger partial charge in [-0.3, -0.25) is 18.7 Å². The number of aromatic amines is 1. The molecule has 2 aliphatic rings. The van der Waals surface area contributed by atoms with Crippen LogP contribution in [0.4, 0.5) is 11.4 Å². The van der Waals surface area contributed by atoms with Gasteiger partial charge in [-0.25, -0.2) is 9.10 Å². The maximum Gasteiger partial charge on any atom is 0.328 e. The van der Waals surface area contributed by atoms with Crippen molar-refractivity contribution in [1.29, 1.82) is 0 Å². The van der Waals surface area contributed by atoms with E-state index in [1.165, 1.54) is 19.4 Å². The van der Waals surface area contributed by atoms with Crippen molar-refractivity contribution in [2.45, 2.75) is 19.4 Å². The quantitative estimate of drug-likeness (QED) is 0.708. The van der Waals surface area contributed by atoms with Crippen LogP contribution in [0.1, 0.15) is 12.0 Å². The number of nitrogens with zero attached hydrogens (tertiary/aromatic N) is 3. The average molecular weight is 453 g/mol. The molecule has 1 aromatic carbocycles. The zero-order valence-corrected chi connectivity index (χ0v) is 16.7. The molecule has 0 radical (unpaired) electrons. The van der Waals surface area contributed by atoms with Crippen LogP contribution < -0.4 is 19.9 Å². The molecule has 142 valence electrons. The van der Waals surface area contributed by atoms with E-state index in [4.69, 9.17) is 0 Å². The summed E-state index contributed by atoms with van der Waals surface area (Å²) in [6, 6.07) is 5.67. The molecular formula is C17H17BrN4O4S. The summed E-state index contributed by atoms with van der Waals surface area (Å²) in [5.41, 5.74) is 1.53. The fraction of sp³-hybridized carbons (Fsp3) is 0.294. The molecule has 0 spiro atoms. The maximum atomic E-state index is 12.9. The summed E-state index contributed by atoms with van der Waals surface area (Å²) in [7, 11) is -3.58. The molecular weight excluding hydrogens is 436 g/mol. The molecule has 27 heavy (non-hydrogen) atoms. The van der Waals surface area contributed by atoms with Crippen LogP contribution in [-0.2, 0) is 23.2 Å². The van der Waals surface area contributed by atoms with Crippen LogP contribution in [0, 0.1) is 0 Å². The first-order valence-corrected chi connectivity index (χ1v) is 10.6. The Labute approximate surface area is 164 Å². The third-order valence-corrected chi connectivity index (χ3v) is 7.08. The highest BCUT2D eigenvalue weighted by molar-refractivity contribution is 9.10. The lowest BCUT2D eigenvalue weighted by atomic mass is 10.0. The summed E-state index contributed by atoms with van der Waals surface area (Å²) in [6.07, 6.45) is 6.50. The van der Waals surface area contributed by atoms with Gasteiger partial charge in [0.1, 0.15) is 0 Å². The molecule has 2 aliphatic heterocycles. The molecule has 0 saturated heterocycles. The lowest BCUT2D eigenvalue weighted by molar-refractivity contribution is 0.587. The summed E-state index contributed by atoms with van der Waals surface area (Å²) in [5, 5.41) is 0. The van der Waals surface area contributed by atoms with Crippen LogP contribution in [0.15, 0.2) is 50.6 Å². The van der Waals surface area contributed by atoms with Gasteiger partial charge in [0.05, 0.1) is 22.4 Å². The Hall–Kier alpha value is -2.33. The molecule has 3 heterocycles. The number of aromatic nitrogens is 2. The van der Waals surface area contributed by atoms with Gasteiger partial charge in [-0.2, -0.15) is 8.42 Å². The number of aryl methyl sites for hydroxylation is 1. The summed E-state index contributed by atoms with van der Waals surface area (Å²) in [4.78, 5) is 25.3. The van der Waals surface area contributed by atoms with Crippen LogP contribution in [0.3, 0.4) is 0 Å².